The second-order valence-electron chi connectivity index (χ2n) is 25.7. The van der Waals surface area contributed by atoms with E-state index in [2.05, 4.69) is 9.84 Å². The molecular weight excluding hydrogens is 1510 g/mol. The highest BCUT2D eigenvalue weighted by Gasteiger charge is 2.48. The third-order valence-corrected chi connectivity index (χ3v) is 21.6. The van der Waals surface area contributed by atoms with Crippen LogP contribution in [0.5, 0.6) is 0 Å². The Morgan fingerprint density at radius 2 is 0.817 bits per heavy atom. The molecule has 4 fully saturated rings. The second-order valence-corrected chi connectivity index (χ2v) is 32.9. The van der Waals surface area contributed by atoms with E-state index >= 15 is 0 Å². The zero-order valence-electron chi connectivity index (χ0n) is 59.3. The Morgan fingerprint density at radius 1 is 0.433 bits per heavy atom. The SMILES string of the molecule is COP(=O)(O)OC1C[C@H](C)O[C@@H]1COP(=O)(O)OCC(COCCCOP(=O)(O)OCCCCCCO[C@@H]1OC(CO)[C@H](O)[C@H](O)C1C)(COCCCOP(=O)(O)OCCCCCCO[C@@H]1OC(CO)[C@H](O)[C@H](O)C1NC(C)=O)COOP(=O)(O)OCCCCCCO[C@@H]1OC(CO)[C@H](O)[C@H](O)C1C. The molecule has 4 aliphatic heterocycles. The van der Waals surface area contributed by atoms with E-state index in [1.165, 1.54) is 6.92 Å². The first-order chi connectivity index (χ1) is 49.1. The van der Waals surface area contributed by atoms with Gasteiger partial charge in [-0.15, -0.1) is 4.67 Å². The lowest BCUT2D eigenvalue weighted by molar-refractivity contribution is -0.282. The van der Waals surface area contributed by atoms with E-state index in [4.69, 9.17) is 88.4 Å². The molecule has 41 nitrogen and oxygen atoms in total. The van der Waals surface area contributed by atoms with E-state index in [1.54, 1.807) is 20.8 Å². The molecular formula is C58H114NO40P5. The first-order valence-corrected chi connectivity index (χ1v) is 42.1. The van der Waals surface area contributed by atoms with Crippen LogP contribution in [0, 0.1) is 17.3 Å². The number of aliphatic hydroxyl groups excluding tert-OH is 9. The summed E-state index contributed by atoms with van der Waals surface area (Å²) < 4.78 is 167. The van der Waals surface area contributed by atoms with E-state index in [0.29, 0.717) is 70.6 Å². The van der Waals surface area contributed by atoms with Crippen LogP contribution in [0.3, 0.4) is 0 Å². The Morgan fingerprint density at radius 3 is 1.24 bits per heavy atom. The number of carbonyl (C=O) groups is 1. The number of hydrogen-bond acceptors (Lipinski definition) is 35. The van der Waals surface area contributed by atoms with Gasteiger partial charge in [0.2, 0.25) is 5.91 Å². The van der Waals surface area contributed by atoms with E-state index < -0.39 is 226 Å². The summed E-state index contributed by atoms with van der Waals surface area (Å²) in [4.78, 5) is 69.6. The van der Waals surface area contributed by atoms with Crippen molar-refractivity contribution >= 4 is 45.0 Å². The third-order valence-electron chi connectivity index (χ3n) is 16.9. The lowest BCUT2D eigenvalue weighted by atomic mass is 9.92. The fourth-order valence-electron chi connectivity index (χ4n) is 10.9. The number of aliphatic hydroxyl groups is 9. The van der Waals surface area contributed by atoms with Crippen molar-refractivity contribution in [2.24, 2.45) is 17.3 Å². The zero-order valence-corrected chi connectivity index (χ0v) is 63.8. The summed E-state index contributed by atoms with van der Waals surface area (Å²) in [6.45, 7) is -0.814. The molecule has 0 aromatic carbocycles. The first-order valence-electron chi connectivity index (χ1n) is 34.6. The molecule has 24 atom stereocenters. The highest BCUT2D eigenvalue weighted by atomic mass is 31.2. The smallest absolute Gasteiger partial charge is 0.394 e. The van der Waals surface area contributed by atoms with Crippen LogP contribution in [0.25, 0.3) is 0 Å². The van der Waals surface area contributed by atoms with Gasteiger partial charge in [0.05, 0.1) is 110 Å². The van der Waals surface area contributed by atoms with Crippen molar-refractivity contribution < 1.29 is 191 Å². The van der Waals surface area contributed by atoms with Crippen LogP contribution in [0.15, 0.2) is 0 Å². The van der Waals surface area contributed by atoms with Crippen LogP contribution in [0.1, 0.15) is 124 Å². The molecule has 1 amide bonds. The van der Waals surface area contributed by atoms with Gasteiger partial charge >= 0.3 is 39.1 Å². The van der Waals surface area contributed by atoms with Crippen molar-refractivity contribution in [1.82, 2.24) is 5.32 Å². The number of amides is 1. The van der Waals surface area contributed by atoms with E-state index in [0.717, 1.165) is 7.11 Å². The number of phosphoric ester groups is 5. The van der Waals surface area contributed by atoms with Crippen LogP contribution < -0.4 is 5.32 Å². The van der Waals surface area contributed by atoms with Crippen LogP contribution >= 0.6 is 39.1 Å². The van der Waals surface area contributed by atoms with Gasteiger partial charge in [-0.25, -0.2) is 27.7 Å². The Bertz CT molecular complexity index is 2610. The number of unbranched alkanes of at least 4 members (excludes halogenated alkanes) is 9. The summed E-state index contributed by atoms with van der Waals surface area (Å²) in [7, 11) is -23.1. The maximum Gasteiger partial charge on any atom is 0.499 e. The fourth-order valence-corrected chi connectivity index (χ4v) is 14.6. The minimum atomic E-state index is -5.20. The van der Waals surface area contributed by atoms with Gasteiger partial charge < -0.3 is 118 Å². The molecule has 616 valence electrons. The van der Waals surface area contributed by atoms with E-state index in [9.17, 15) is 98.0 Å². The number of carbonyl (C=O) groups excluding carboxylic acids is 1. The van der Waals surface area contributed by atoms with Gasteiger partial charge in [-0.2, -0.15) is 0 Å². The summed E-state index contributed by atoms with van der Waals surface area (Å²) >= 11 is 0. The van der Waals surface area contributed by atoms with Gasteiger partial charge in [0.25, 0.3) is 0 Å². The second kappa shape index (κ2) is 49.0. The fraction of sp³-hybridized carbons (Fsp3) is 0.983. The maximum atomic E-state index is 13.7. The minimum absolute atomic E-state index is 0.0519. The van der Waals surface area contributed by atoms with Gasteiger partial charge in [-0.3, -0.25) is 45.5 Å². The Labute approximate surface area is 604 Å². The molecule has 4 heterocycles. The van der Waals surface area contributed by atoms with Gasteiger partial charge in [0.1, 0.15) is 61.0 Å². The van der Waals surface area contributed by atoms with Crippen LogP contribution in [-0.4, -0.2) is 301 Å². The van der Waals surface area contributed by atoms with Gasteiger partial charge in [0, 0.05) is 65.3 Å². The predicted molar refractivity (Wildman–Crippen MR) is 354 cm³/mol. The Hall–Kier alpha value is -0.740. The highest BCUT2D eigenvalue weighted by Crippen LogP contribution is 2.50. The van der Waals surface area contributed by atoms with Crippen LogP contribution in [0.4, 0.5) is 0 Å². The first kappa shape index (κ1) is 95.6. The number of hydrogen-bond donors (Lipinski definition) is 15. The lowest BCUT2D eigenvalue weighted by Crippen LogP contribution is -2.64. The normalized spacial score (nSPS) is 31.8. The molecule has 4 rings (SSSR count). The number of nitrogens with one attached hydrogen (secondary N) is 1. The molecule has 46 heteroatoms. The summed E-state index contributed by atoms with van der Waals surface area (Å²) in [5.41, 5.74) is -1.84. The van der Waals surface area contributed by atoms with Gasteiger partial charge in [-0.1, -0.05) is 52.4 Å². The molecule has 4 aliphatic rings. The van der Waals surface area contributed by atoms with E-state index in [1.807, 2.05) is 0 Å². The van der Waals surface area contributed by atoms with Gasteiger partial charge in [-0.05, 0) is 58.3 Å². The largest absolute Gasteiger partial charge is 0.499 e. The predicted octanol–water partition coefficient (Wildman–Crippen LogP) is 1.39. The van der Waals surface area contributed by atoms with Crippen molar-refractivity contribution in [2.45, 2.75) is 222 Å². The minimum Gasteiger partial charge on any atom is -0.394 e. The molecule has 0 aliphatic carbocycles. The molecule has 104 heavy (non-hydrogen) atoms. The maximum absolute atomic E-state index is 13.7. The standard InChI is InChI=1S/C58H114NO40P5/c1-39-30-43(98-100(70,71)80-5)47(94-39)34-92-103(76,77)93-38-58(37-86-99-104(78,79)91-27-17-11-7-13-23-84-56-41(3)50(65)52(67)45(32-61)96-56,35-81-20-18-28-89-101(72,73)87-25-15-9-6-12-22-83-55-40(2)49(64)51(66)44(31-60)95-55)36-82-21-19-29-90-102(74,75)88-26-16-10-8-14-24-85-57-48(59-42(4)63)54(69)53(68)46(33-62)97-57/h39-41,43-57,60-62,64-69H,6-38H2,1-5H3,(H,59,63)(H,70,71)(H,72,73)(H,74,75)(H,76,77)(H,78,79)/t39-,40?,41?,43?,44?,45?,46?,47+,48?,49+,50+,51-,52-,53-,54+,55+,56+,57+,58?/m0/s1. The topological polar surface area (TPSA) is 582 Å². The molecule has 13 unspecified atom stereocenters. The quantitative estimate of drug-likeness (QED) is 0.0177. The molecule has 0 aromatic heterocycles. The van der Waals surface area contributed by atoms with Crippen molar-refractivity contribution in [3.63, 3.8) is 0 Å². The third kappa shape index (κ3) is 36.0. The summed E-state index contributed by atoms with van der Waals surface area (Å²) in [5, 5.41) is 92.5. The zero-order chi connectivity index (χ0) is 77.2. The molecule has 0 aromatic rings. The monoisotopic (exact) mass is 1620 g/mol. The molecule has 15 N–H and O–H groups in total. The molecule has 0 radical (unpaired) electrons. The average Bonchev–Trinajstić information content (AvgIpc) is 1.02. The average molecular weight is 1620 g/mol. The summed E-state index contributed by atoms with van der Waals surface area (Å²) in [6.07, 6.45) is -11.5. The summed E-state index contributed by atoms with van der Waals surface area (Å²) in [6, 6.07) is -1.11. The number of rotatable bonds is 58. The number of ether oxygens (including phenoxy) is 9. The Balaban J connectivity index is 1.35. The van der Waals surface area contributed by atoms with Crippen LogP contribution in [0.2, 0.25) is 0 Å². The van der Waals surface area contributed by atoms with Crippen molar-refractivity contribution in [3.8, 4) is 0 Å². The van der Waals surface area contributed by atoms with Crippen molar-refractivity contribution in [1.29, 1.82) is 0 Å². The summed E-state index contributed by atoms with van der Waals surface area (Å²) in [5.74, 6) is -1.67. The number of phosphoric acid groups is 5. The highest BCUT2D eigenvalue weighted by molar-refractivity contribution is 7.48. The lowest BCUT2D eigenvalue weighted by Gasteiger charge is -2.42. The molecule has 0 spiro atoms. The van der Waals surface area contributed by atoms with Crippen molar-refractivity contribution in [2.75, 3.05) is 126 Å². The molecule has 0 bridgehead atoms. The van der Waals surface area contributed by atoms with Gasteiger partial charge in [0.15, 0.2) is 18.9 Å². The molecule has 0 saturated carbocycles. The van der Waals surface area contributed by atoms with Crippen LogP contribution in [-0.2, 0) is 121 Å². The Kier molecular flexibility index (Phi) is 45.1. The van der Waals surface area contributed by atoms with Crippen molar-refractivity contribution in [3.05, 3.63) is 0 Å². The molecule has 4 saturated heterocycles. The van der Waals surface area contributed by atoms with E-state index in [-0.39, 0.29) is 78.5 Å².